The van der Waals surface area contributed by atoms with Gasteiger partial charge in [-0.1, -0.05) is 5.47 Å². The van der Waals surface area contributed by atoms with E-state index in [4.69, 9.17) is 12.6 Å². The third-order valence-corrected chi connectivity index (χ3v) is 3.88. The monoisotopic (exact) mass is 232 g/mol. The summed E-state index contributed by atoms with van der Waals surface area (Å²) in [5.41, 5.74) is 0.669. The second-order valence-electron chi connectivity index (χ2n) is 5.39. The Morgan fingerprint density at radius 3 is 2.71 bits per heavy atom. The lowest BCUT2D eigenvalue weighted by atomic mass is 9.85. The fourth-order valence-corrected chi connectivity index (χ4v) is 3.11. The van der Waals surface area contributed by atoms with Crippen molar-refractivity contribution < 1.29 is 9.53 Å². The van der Waals surface area contributed by atoms with Crippen LogP contribution in [0.2, 0.25) is 0 Å². The van der Waals surface area contributed by atoms with Crippen molar-refractivity contribution in [1.82, 2.24) is 10.2 Å². The number of rotatable bonds is 1. The molecule has 1 amide bonds. The molecule has 3 unspecified atom stereocenters. The van der Waals surface area contributed by atoms with Gasteiger partial charge in [0.25, 0.3) is 5.91 Å². The highest BCUT2D eigenvalue weighted by Crippen LogP contribution is 2.26. The molecule has 0 aromatic rings. The summed E-state index contributed by atoms with van der Waals surface area (Å²) in [4.78, 5) is 14.2. The molecule has 3 heterocycles. The van der Waals surface area contributed by atoms with E-state index in [-0.39, 0.29) is 12.0 Å². The number of nitrogens with one attached hydrogen (secondary N) is 1. The summed E-state index contributed by atoms with van der Waals surface area (Å²) in [7, 11) is 5.64. The van der Waals surface area contributed by atoms with Gasteiger partial charge >= 0.3 is 0 Å². The average Bonchev–Trinajstić information content (AvgIpc) is 2.74. The van der Waals surface area contributed by atoms with Crippen LogP contribution < -0.4 is 5.32 Å². The molecule has 0 aromatic carbocycles. The Morgan fingerprint density at radius 1 is 1.41 bits per heavy atom. The lowest BCUT2D eigenvalue weighted by molar-refractivity contribution is -0.143. The van der Waals surface area contributed by atoms with Crippen molar-refractivity contribution in [2.75, 3.05) is 26.2 Å². The topological polar surface area (TPSA) is 41.6 Å². The molecular formula is C12H17BN2O2. The predicted octanol–water partition coefficient (Wildman–Crippen LogP) is -0.147. The van der Waals surface area contributed by atoms with Gasteiger partial charge in [0.1, 0.15) is 7.85 Å². The fraction of sp³-hybridized carbons (Fsp3) is 0.750. The number of amides is 1. The highest BCUT2D eigenvalue weighted by molar-refractivity contribution is 6.22. The van der Waals surface area contributed by atoms with Gasteiger partial charge in [0, 0.05) is 19.5 Å². The zero-order chi connectivity index (χ0) is 11.8. The van der Waals surface area contributed by atoms with Crippen molar-refractivity contribution in [3.63, 3.8) is 0 Å². The summed E-state index contributed by atoms with van der Waals surface area (Å²) in [5.74, 6) is 1.33. The summed E-state index contributed by atoms with van der Waals surface area (Å²) in [6.45, 7) is 3.79. The van der Waals surface area contributed by atoms with E-state index in [1.807, 2.05) is 4.90 Å². The molecular weight excluding hydrogens is 215 g/mol. The number of carbonyl (C=O) groups is 1. The summed E-state index contributed by atoms with van der Waals surface area (Å²) >= 11 is 0. The minimum absolute atomic E-state index is 0.110. The third-order valence-electron chi connectivity index (χ3n) is 3.88. The number of hydrogen-bond donors (Lipinski definition) is 1. The van der Waals surface area contributed by atoms with E-state index in [0.717, 1.165) is 26.2 Å². The first-order valence-electron chi connectivity index (χ1n) is 6.32. The maximum Gasteiger partial charge on any atom is 0.263 e. The number of likely N-dealkylation sites (tertiary alicyclic amines) is 1. The van der Waals surface area contributed by atoms with Crippen molar-refractivity contribution in [1.29, 1.82) is 0 Å². The number of carbonyl (C=O) groups excluding carboxylic acids is 1. The van der Waals surface area contributed by atoms with Crippen LogP contribution in [-0.2, 0) is 9.53 Å². The summed E-state index contributed by atoms with van der Waals surface area (Å²) < 4.78 is 5.31. The molecule has 2 fully saturated rings. The fourth-order valence-electron chi connectivity index (χ4n) is 3.11. The van der Waals surface area contributed by atoms with Crippen LogP contribution in [0, 0.1) is 11.8 Å². The molecule has 5 heteroatoms. The second kappa shape index (κ2) is 4.37. The van der Waals surface area contributed by atoms with Gasteiger partial charge in [-0.05, 0) is 31.3 Å². The van der Waals surface area contributed by atoms with E-state index in [1.54, 1.807) is 0 Å². The summed E-state index contributed by atoms with van der Waals surface area (Å²) in [6.07, 6.45) is 2.93. The van der Waals surface area contributed by atoms with E-state index >= 15 is 0 Å². The number of piperidine rings is 2. The van der Waals surface area contributed by atoms with Crippen molar-refractivity contribution in [2.45, 2.75) is 18.9 Å². The first-order chi connectivity index (χ1) is 8.22. The third kappa shape index (κ3) is 2.21. The Balaban J connectivity index is 1.62. The molecule has 17 heavy (non-hydrogen) atoms. The quantitative estimate of drug-likeness (QED) is 0.639. The van der Waals surface area contributed by atoms with E-state index < -0.39 is 0 Å². The van der Waals surface area contributed by atoms with Crippen LogP contribution in [0.3, 0.4) is 0 Å². The minimum Gasteiger partial charge on any atom is -0.489 e. The Morgan fingerprint density at radius 2 is 2.12 bits per heavy atom. The van der Waals surface area contributed by atoms with Gasteiger partial charge in [0.2, 0.25) is 0 Å². The van der Waals surface area contributed by atoms with Gasteiger partial charge in [-0.2, -0.15) is 0 Å². The zero-order valence-corrected chi connectivity index (χ0v) is 9.89. The molecule has 0 spiro atoms. The molecule has 3 aliphatic heterocycles. The van der Waals surface area contributed by atoms with Gasteiger partial charge in [0.15, 0.2) is 6.10 Å². The van der Waals surface area contributed by atoms with Crippen molar-refractivity contribution in [3.05, 3.63) is 11.7 Å². The standard InChI is InChI=1S/C12H17BN2O2/c13-10-2-11(17-7-10)12(16)15-5-8-1-9(6-15)4-14-3-8/h7-9,11,14H,1-6H2. The molecule has 2 radical (unpaired) electrons. The predicted molar refractivity (Wildman–Crippen MR) is 64.4 cm³/mol. The lowest BCUT2D eigenvalue weighted by Gasteiger charge is -2.42. The Bertz CT molecular complexity index is 346. The number of ether oxygens (including phenoxy) is 1. The lowest BCUT2D eigenvalue weighted by Crippen LogP contribution is -2.54. The van der Waals surface area contributed by atoms with Crippen LogP contribution in [0.1, 0.15) is 12.8 Å². The number of hydrogen-bond acceptors (Lipinski definition) is 3. The molecule has 2 saturated heterocycles. The number of fused-ring (bicyclic) bond motifs is 2. The number of nitrogens with zero attached hydrogens (tertiary/aromatic N) is 1. The van der Waals surface area contributed by atoms with Crippen LogP contribution in [0.4, 0.5) is 0 Å². The van der Waals surface area contributed by atoms with Gasteiger partial charge in [0.05, 0.1) is 6.26 Å². The van der Waals surface area contributed by atoms with Crippen LogP contribution in [0.15, 0.2) is 11.7 Å². The average molecular weight is 232 g/mol. The smallest absolute Gasteiger partial charge is 0.263 e. The Hall–Kier alpha value is -0.965. The molecule has 3 aliphatic rings. The molecule has 1 N–H and O–H groups in total. The minimum atomic E-state index is -0.373. The highest BCUT2D eigenvalue weighted by Gasteiger charge is 2.36. The molecule has 0 aliphatic carbocycles. The molecule has 3 atom stereocenters. The van der Waals surface area contributed by atoms with Crippen molar-refractivity contribution in [2.24, 2.45) is 11.8 Å². The SMILES string of the molecule is [B]C1=COC(C(=O)N2CC3CNCC(C3)C2)C1. The van der Waals surface area contributed by atoms with Crippen molar-refractivity contribution in [3.8, 4) is 0 Å². The highest BCUT2D eigenvalue weighted by atomic mass is 16.5. The van der Waals surface area contributed by atoms with Gasteiger partial charge < -0.3 is 15.0 Å². The van der Waals surface area contributed by atoms with E-state index in [0.29, 0.717) is 23.7 Å². The first kappa shape index (κ1) is 11.1. The molecule has 90 valence electrons. The second-order valence-corrected chi connectivity index (χ2v) is 5.39. The van der Waals surface area contributed by atoms with Gasteiger partial charge in [-0.15, -0.1) is 0 Å². The maximum absolute atomic E-state index is 12.3. The Kier molecular flexibility index (Phi) is 2.86. The molecule has 0 aromatic heterocycles. The molecule has 0 saturated carbocycles. The van der Waals surface area contributed by atoms with Crippen LogP contribution in [-0.4, -0.2) is 50.9 Å². The van der Waals surface area contributed by atoms with Gasteiger partial charge in [-0.3, -0.25) is 4.79 Å². The van der Waals surface area contributed by atoms with E-state index in [2.05, 4.69) is 5.32 Å². The van der Waals surface area contributed by atoms with Crippen LogP contribution in [0.5, 0.6) is 0 Å². The maximum atomic E-state index is 12.3. The summed E-state index contributed by atoms with van der Waals surface area (Å²) in [5, 5.41) is 3.42. The van der Waals surface area contributed by atoms with Crippen LogP contribution in [0.25, 0.3) is 0 Å². The molecule has 3 rings (SSSR count). The van der Waals surface area contributed by atoms with Crippen molar-refractivity contribution >= 4 is 13.8 Å². The van der Waals surface area contributed by atoms with Crippen LogP contribution >= 0.6 is 0 Å². The normalized spacial score (nSPS) is 36.4. The Labute approximate surface area is 103 Å². The molecule has 4 nitrogen and oxygen atoms in total. The summed E-state index contributed by atoms with van der Waals surface area (Å²) in [6, 6.07) is 0. The first-order valence-corrected chi connectivity index (χ1v) is 6.32. The largest absolute Gasteiger partial charge is 0.489 e. The van der Waals surface area contributed by atoms with Gasteiger partial charge in [-0.25, -0.2) is 0 Å². The van der Waals surface area contributed by atoms with E-state index in [1.165, 1.54) is 12.7 Å². The molecule has 2 bridgehead atoms. The zero-order valence-electron chi connectivity index (χ0n) is 9.89. The van der Waals surface area contributed by atoms with E-state index in [9.17, 15) is 4.79 Å².